The minimum Gasteiger partial charge on any atom is -0.376 e. The molecule has 0 N–H and O–H groups in total. The molecule has 1 aliphatic heterocycles. The second-order valence-electron chi connectivity index (χ2n) is 6.47. The Balaban J connectivity index is 1.66. The number of fused-ring (bicyclic) bond motifs is 3. The highest BCUT2D eigenvalue weighted by Gasteiger charge is 2.29. The van der Waals surface area contributed by atoms with E-state index in [1.807, 2.05) is 17.9 Å². The molecule has 1 fully saturated rings. The van der Waals surface area contributed by atoms with Crippen molar-refractivity contribution in [3.05, 3.63) is 16.8 Å². The molecule has 0 bridgehead atoms. The van der Waals surface area contributed by atoms with Gasteiger partial charge in [-0.15, -0.1) is 11.3 Å². The van der Waals surface area contributed by atoms with E-state index in [4.69, 9.17) is 14.5 Å². The van der Waals surface area contributed by atoms with Crippen LogP contribution in [0.5, 0.6) is 0 Å². The second-order valence-corrected chi connectivity index (χ2v) is 7.53. The molecule has 134 valence electrons. The predicted octanol–water partition coefficient (Wildman–Crippen LogP) is 1.80. The molecule has 3 heterocycles. The van der Waals surface area contributed by atoms with Gasteiger partial charge >= 0.3 is 0 Å². The molecule has 1 aliphatic carbocycles. The molecule has 2 aromatic rings. The first-order valence-electron chi connectivity index (χ1n) is 8.59. The zero-order chi connectivity index (χ0) is 17.4. The molecule has 2 aliphatic rings. The fourth-order valence-electron chi connectivity index (χ4n) is 3.50. The molecule has 4 rings (SSSR count). The van der Waals surface area contributed by atoms with E-state index < -0.39 is 0 Å². The first-order valence-corrected chi connectivity index (χ1v) is 9.41. The number of carbonyl (C=O) groups is 1. The van der Waals surface area contributed by atoms with E-state index in [2.05, 4.69) is 5.10 Å². The molecule has 0 spiro atoms. The molecule has 8 heteroatoms. The monoisotopic (exact) mass is 362 g/mol. The normalized spacial score (nSPS) is 18.9. The maximum Gasteiger partial charge on any atom is 0.254 e. The van der Waals surface area contributed by atoms with Gasteiger partial charge in [0.25, 0.3) is 5.91 Å². The number of aryl methyl sites for hydroxylation is 2. The van der Waals surface area contributed by atoms with Crippen LogP contribution in [0.2, 0.25) is 0 Å². The van der Waals surface area contributed by atoms with Crippen LogP contribution in [0.15, 0.2) is 6.20 Å². The summed E-state index contributed by atoms with van der Waals surface area (Å²) in [6, 6.07) is 0. The van der Waals surface area contributed by atoms with Crippen molar-refractivity contribution in [2.75, 3.05) is 31.8 Å². The molecule has 0 saturated carbocycles. The van der Waals surface area contributed by atoms with Crippen LogP contribution in [0.3, 0.4) is 0 Å². The van der Waals surface area contributed by atoms with Gasteiger partial charge in [0.1, 0.15) is 6.61 Å². The lowest BCUT2D eigenvalue weighted by Crippen LogP contribution is -2.39. The smallest absolute Gasteiger partial charge is 0.254 e. The highest BCUT2D eigenvalue weighted by Crippen LogP contribution is 2.39. The van der Waals surface area contributed by atoms with Gasteiger partial charge in [0.2, 0.25) is 0 Å². The minimum atomic E-state index is -0.0736. The number of hydrogen-bond donors (Lipinski definition) is 0. The third kappa shape index (κ3) is 3.09. The Bertz CT molecular complexity index is 779. The van der Waals surface area contributed by atoms with Crippen LogP contribution in [0.1, 0.15) is 23.4 Å². The molecule has 1 atom stereocenters. The van der Waals surface area contributed by atoms with Gasteiger partial charge in [-0.25, -0.2) is 4.98 Å². The van der Waals surface area contributed by atoms with Gasteiger partial charge in [0, 0.05) is 36.9 Å². The van der Waals surface area contributed by atoms with Crippen LogP contribution in [-0.4, -0.2) is 53.6 Å². The highest BCUT2D eigenvalue weighted by atomic mass is 32.1. The van der Waals surface area contributed by atoms with Gasteiger partial charge in [-0.05, 0) is 25.7 Å². The number of ether oxygens (including phenoxy) is 2. The molecule has 2 aromatic heterocycles. The van der Waals surface area contributed by atoms with Crippen LogP contribution in [-0.2, 0) is 34.2 Å². The molecular formula is C17H22N4O3S. The quantitative estimate of drug-likeness (QED) is 0.811. The lowest BCUT2D eigenvalue weighted by atomic mass is 10.0. The first-order chi connectivity index (χ1) is 12.2. The summed E-state index contributed by atoms with van der Waals surface area (Å²) in [5.41, 5.74) is 3.26. The van der Waals surface area contributed by atoms with Crippen LogP contribution >= 0.6 is 11.3 Å². The molecule has 0 aromatic carbocycles. The molecular weight excluding hydrogens is 340 g/mol. The standard InChI is InChI=1S/C17H22N4O3S/c1-20-13-5-6-14-16(12(13)8-18-20)19-17(25-14)21(15(22)10-23-2)9-11-4-3-7-24-11/h8,11H,3-7,9-10H2,1-2H3. The number of thiazole rings is 1. The summed E-state index contributed by atoms with van der Waals surface area (Å²) < 4.78 is 12.7. The average molecular weight is 362 g/mol. The average Bonchev–Trinajstić information content (AvgIpc) is 3.32. The maximum atomic E-state index is 12.6. The Hall–Kier alpha value is -1.77. The number of nitrogens with zero attached hydrogens (tertiary/aromatic N) is 4. The largest absolute Gasteiger partial charge is 0.376 e. The van der Waals surface area contributed by atoms with Crippen LogP contribution in [0.4, 0.5) is 5.13 Å². The predicted molar refractivity (Wildman–Crippen MR) is 94.9 cm³/mol. The summed E-state index contributed by atoms with van der Waals surface area (Å²) in [7, 11) is 3.50. The number of hydrogen-bond acceptors (Lipinski definition) is 6. The Morgan fingerprint density at radius 2 is 2.40 bits per heavy atom. The summed E-state index contributed by atoms with van der Waals surface area (Å²) >= 11 is 1.60. The maximum absolute atomic E-state index is 12.6. The fourth-order valence-corrected chi connectivity index (χ4v) is 4.60. The molecule has 1 saturated heterocycles. The van der Waals surface area contributed by atoms with Crippen molar-refractivity contribution in [3.8, 4) is 11.3 Å². The third-order valence-corrected chi connectivity index (χ3v) is 5.94. The second kappa shape index (κ2) is 6.86. The van der Waals surface area contributed by atoms with Crippen molar-refractivity contribution in [1.29, 1.82) is 0 Å². The zero-order valence-corrected chi connectivity index (χ0v) is 15.3. The fraction of sp³-hybridized carbons (Fsp3) is 0.588. The summed E-state index contributed by atoms with van der Waals surface area (Å²) in [6.45, 7) is 1.36. The van der Waals surface area contributed by atoms with E-state index in [9.17, 15) is 4.79 Å². The van der Waals surface area contributed by atoms with E-state index in [1.54, 1.807) is 16.2 Å². The van der Waals surface area contributed by atoms with Gasteiger partial charge in [0.05, 0.1) is 24.5 Å². The van der Waals surface area contributed by atoms with Gasteiger partial charge < -0.3 is 9.47 Å². The van der Waals surface area contributed by atoms with E-state index >= 15 is 0 Å². The van der Waals surface area contributed by atoms with Crippen LogP contribution in [0.25, 0.3) is 11.3 Å². The third-order valence-electron chi connectivity index (χ3n) is 4.80. The van der Waals surface area contributed by atoms with Crippen molar-refractivity contribution in [2.24, 2.45) is 7.05 Å². The van der Waals surface area contributed by atoms with E-state index in [0.29, 0.717) is 6.54 Å². The molecule has 7 nitrogen and oxygen atoms in total. The van der Waals surface area contributed by atoms with Crippen LogP contribution < -0.4 is 4.90 Å². The topological polar surface area (TPSA) is 69.5 Å². The Morgan fingerprint density at radius 3 is 3.16 bits per heavy atom. The lowest BCUT2D eigenvalue weighted by molar-refractivity contribution is -0.122. The van der Waals surface area contributed by atoms with E-state index in [0.717, 1.165) is 48.7 Å². The number of amides is 1. The van der Waals surface area contributed by atoms with Gasteiger partial charge in [-0.1, -0.05) is 0 Å². The number of anilines is 1. The Kier molecular flexibility index (Phi) is 4.58. The summed E-state index contributed by atoms with van der Waals surface area (Å²) in [5.74, 6) is -0.0736. The zero-order valence-electron chi connectivity index (χ0n) is 14.5. The summed E-state index contributed by atoms with van der Waals surface area (Å²) in [4.78, 5) is 20.4. The number of rotatable bonds is 5. The van der Waals surface area contributed by atoms with Crippen molar-refractivity contribution >= 4 is 22.4 Å². The van der Waals surface area contributed by atoms with E-state index in [1.165, 1.54) is 17.7 Å². The van der Waals surface area contributed by atoms with Crippen molar-refractivity contribution in [2.45, 2.75) is 31.8 Å². The van der Waals surface area contributed by atoms with E-state index in [-0.39, 0.29) is 18.6 Å². The Labute approximate surface area is 150 Å². The van der Waals surface area contributed by atoms with Gasteiger partial charge in [0.15, 0.2) is 5.13 Å². The summed E-state index contributed by atoms with van der Waals surface area (Å²) in [6.07, 6.45) is 5.87. The van der Waals surface area contributed by atoms with Crippen molar-refractivity contribution in [3.63, 3.8) is 0 Å². The number of methoxy groups -OCH3 is 1. The highest BCUT2D eigenvalue weighted by molar-refractivity contribution is 7.16. The molecule has 1 amide bonds. The van der Waals surface area contributed by atoms with Crippen LogP contribution in [0, 0.1) is 0 Å². The lowest BCUT2D eigenvalue weighted by Gasteiger charge is -2.22. The first kappa shape index (κ1) is 16.7. The Morgan fingerprint density at radius 1 is 1.52 bits per heavy atom. The van der Waals surface area contributed by atoms with Crippen molar-refractivity contribution < 1.29 is 14.3 Å². The van der Waals surface area contributed by atoms with Gasteiger partial charge in [-0.3, -0.25) is 14.4 Å². The molecule has 0 radical (unpaired) electrons. The van der Waals surface area contributed by atoms with Gasteiger partial charge in [-0.2, -0.15) is 5.10 Å². The minimum absolute atomic E-state index is 0.0507. The molecule has 1 unspecified atom stereocenters. The summed E-state index contributed by atoms with van der Waals surface area (Å²) in [5, 5.41) is 5.10. The number of aromatic nitrogens is 3. The van der Waals surface area contributed by atoms with Crippen molar-refractivity contribution in [1.82, 2.24) is 14.8 Å². The SMILES string of the molecule is COCC(=O)N(CC1CCCO1)c1nc2c(s1)CCc1c-2cnn1C. The number of carbonyl (C=O) groups excluding carboxylic acids is 1. The molecule has 25 heavy (non-hydrogen) atoms.